The highest BCUT2D eigenvalue weighted by molar-refractivity contribution is 6.08. The maximum absolute atomic E-state index is 13.0. The number of fused-ring (bicyclic) bond motifs is 1. The summed E-state index contributed by atoms with van der Waals surface area (Å²) >= 11 is 0. The standard InChI is InChI=1S/C17H13FN6O/c1-23-10-19-8-14(23)11-6-13(16-20-4-5-24(16)9-11)17(25)22-15-3-2-12(18)7-21-15/h2-10H,1H3,(H,21,22,25). The van der Waals surface area contributed by atoms with Gasteiger partial charge in [-0.05, 0) is 18.2 Å². The van der Waals surface area contributed by atoms with Crippen LogP contribution in [0.15, 0.2) is 55.5 Å². The first-order valence-electron chi connectivity index (χ1n) is 7.48. The van der Waals surface area contributed by atoms with Crippen LogP contribution >= 0.6 is 0 Å². The summed E-state index contributed by atoms with van der Waals surface area (Å²) in [6.07, 6.45) is 9.73. The molecule has 0 aromatic carbocycles. The van der Waals surface area contributed by atoms with Crippen molar-refractivity contribution >= 4 is 17.4 Å². The summed E-state index contributed by atoms with van der Waals surface area (Å²) in [5.41, 5.74) is 2.59. The number of pyridine rings is 2. The largest absolute Gasteiger partial charge is 0.334 e. The summed E-state index contributed by atoms with van der Waals surface area (Å²) in [6, 6.07) is 4.39. The van der Waals surface area contributed by atoms with E-state index in [0.717, 1.165) is 17.5 Å². The second-order valence-corrected chi connectivity index (χ2v) is 5.51. The number of aromatic nitrogens is 5. The summed E-state index contributed by atoms with van der Waals surface area (Å²) in [5, 5.41) is 2.66. The first-order valence-corrected chi connectivity index (χ1v) is 7.48. The average molecular weight is 336 g/mol. The Labute approximate surface area is 141 Å². The van der Waals surface area contributed by atoms with Crippen LogP contribution in [-0.4, -0.2) is 29.8 Å². The molecule has 4 aromatic rings. The Bertz CT molecular complexity index is 1070. The van der Waals surface area contributed by atoms with Gasteiger partial charge < -0.3 is 14.3 Å². The Balaban J connectivity index is 1.77. The number of nitrogens with one attached hydrogen (secondary N) is 1. The Kier molecular flexibility index (Phi) is 3.50. The van der Waals surface area contributed by atoms with Crippen LogP contribution in [0.1, 0.15) is 10.4 Å². The van der Waals surface area contributed by atoms with Crippen molar-refractivity contribution < 1.29 is 9.18 Å². The van der Waals surface area contributed by atoms with Gasteiger partial charge in [0.05, 0.1) is 30.0 Å². The quantitative estimate of drug-likeness (QED) is 0.624. The normalized spacial score (nSPS) is 11.0. The van der Waals surface area contributed by atoms with Crippen molar-refractivity contribution in [1.82, 2.24) is 23.9 Å². The van der Waals surface area contributed by atoms with E-state index in [1.54, 1.807) is 35.4 Å². The van der Waals surface area contributed by atoms with Crippen LogP contribution in [0.4, 0.5) is 10.2 Å². The van der Waals surface area contributed by atoms with Crippen molar-refractivity contribution in [2.24, 2.45) is 7.05 Å². The van der Waals surface area contributed by atoms with Gasteiger partial charge in [-0.1, -0.05) is 0 Å². The van der Waals surface area contributed by atoms with Gasteiger partial charge >= 0.3 is 0 Å². The average Bonchev–Trinajstić information content (AvgIpc) is 3.24. The molecule has 1 amide bonds. The molecule has 4 heterocycles. The lowest BCUT2D eigenvalue weighted by atomic mass is 10.1. The molecule has 0 fully saturated rings. The van der Waals surface area contributed by atoms with E-state index in [1.165, 1.54) is 12.1 Å². The minimum absolute atomic E-state index is 0.266. The molecule has 0 aliphatic rings. The van der Waals surface area contributed by atoms with Crippen molar-refractivity contribution in [2.75, 3.05) is 5.32 Å². The Hall–Kier alpha value is -3.55. The topological polar surface area (TPSA) is 77.1 Å². The molecule has 124 valence electrons. The summed E-state index contributed by atoms with van der Waals surface area (Å²) < 4.78 is 16.6. The van der Waals surface area contributed by atoms with Crippen molar-refractivity contribution in [3.8, 4) is 11.3 Å². The molecule has 0 saturated carbocycles. The minimum atomic E-state index is -0.466. The van der Waals surface area contributed by atoms with E-state index < -0.39 is 5.82 Å². The van der Waals surface area contributed by atoms with Gasteiger partial charge in [0.15, 0.2) is 0 Å². The number of aryl methyl sites for hydroxylation is 1. The van der Waals surface area contributed by atoms with Gasteiger partial charge in [0.25, 0.3) is 5.91 Å². The molecule has 0 aliphatic heterocycles. The highest BCUT2D eigenvalue weighted by Gasteiger charge is 2.16. The van der Waals surface area contributed by atoms with E-state index in [2.05, 4.69) is 20.3 Å². The molecule has 0 saturated heterocycles. The molecule has 0 aliphatic carbocycles. The number of rotatable bonds is 3. The number of carbonyl (C=O) groups is 1. The zero-order chi connectivity index (χ0) is 17.4. The fourth-order valence-electron chi connectivity index (χ4n) is 2.61. The third kappa shape index (κ3) is 2.74. The molecule has 0 unspecified atom stereocenters. The molecule has 0 spiro atoms. The lowest BCUT2D eigenvalue weighted by molar-refractivity contribution is 0.102. The molecule has 8 heteroatoms. The Morgan fingerprint density at radius 2 is 2.12 bits per heavy atom. The van der Waals surface area contributed by atoms with Crippen LogP contribution in [-0.2, 0) is 7.05 Å². The summed E-state index contributed by atoms with van der Waals surface area (Å²) in [7, 11) is 1.88. The third-order valence-electron chi connectivity index (χ3n) is 3.81. The molecule has 0 radical (unpaired) electrons. The SMILES string of the molecule is Cn1cncc1-c1cc(C(=O)Nc2ccc(F)cn2)c2nccn2c1. The highest BCUT2D eigenvalue weighted by Crippen LogP contribution is 2.22. The predicted molar refractivity (Wildman–Crippen MR) is 89.5 cm³/mol. The van der Waals surface area contributed by atoms with E-state index in [1.807, 2.05) is 17.8 Å². The molecule has 4 rings (SSSR count). The number of halogens is 1. The molecule has 7 nitrogen and oxygen atoms in total. The van der Waals surface area contributed by atoms with Gasteiger partial charge in [0, 0.05) is 31.2 Å². The van der Waals surface area contributed by atoms with Gasteiger partial charge in [-0.3, -0.25) is 4.79 Å². The lowest BCUT2D eigenvalue weighted by Crippen LogP contribution is -2.15. The smallest absolute Gasteiger partial charge is 0.260 e. The molecule has 4 aromatic heterocycles. The molecule has 25 heavy (non-hydrogen) atoms. The Morgan fingerprint density at radius 1 is 1.24 bits per heavy atom. The molecular weight excluding hydrogens is 323 g/mol. The van der Waals surface area contributed by atoms with Crippen molar-refractivity contribution in [2.45, 2.75) is 0 Å². The van der Waals surface area contributed by atoms with Crippen LogP contribution in [0, 0.1) is 5.82 Å². The number of carbonyl (C=O) groups excluding carboxylic acids is 1. The van der Waals surface area contributed by atoms with Gasteiger partial charge in [-0.2, -0.15) is 0 Å². The van der Waals surface area contributed by atoms with E-state index in [4.69, 9.17) is 0 Å². The first kappa shape index (κ1) is 15.0. The zero-order valence-electron chi connectivity index (χ0n) is 13.2. The molecular formula is C17H13FN6O. The molecule has 0 atom stereocenters. The van der Waals surface area contributed by atoms with Crippen LogP contribution in [0.2, 0.25) is 0 Å². The van der Waals surface area contributed by atoms with E-state index in [-0.39, 0.29) is 11.7 Å². The third-order valence-corrected chi connectivity index (χ3v) is 3.81. The van der Waals surface area contributed by atoms with Gasteiger partial charge in [0.2, 0.25) is 0 Å². The number of hydrogen-bond acceptors (Lipinski definition) is 4. The van der Waals surface area contributed by atoms with Crippen molar-refractivity contribution in [1.29, 1.82) is 0 Å². The predicted octanol–water partition coefficient (Wildman–Crippen LogP) is 2.52. The van der Waals surface area contributed by atoms with Gasteiger partial charge in [-0.25, -0.2) is 19.3 Å². The fourth-order valence-corrected chi connectivity index (χ4v) is 2.61. The van der Waals surface area contributed by atoms with Crippen LogP contribution in [0.5, 0.6) is 0 Å². The molecule has 1 N–H and O–H groups in total. The number of amides is 1. The van der Waals surface area contributed by atoms with Gasteiger partial charge in [-0.15, -0.1) is 0 Å². The van der Waals surface area contributed by atoms with E-state index >= 15 is 0 Å². The fraction of sp³-hybridized carbons (Fsp3) is 0.0588. The van der Waals surface area contributed by atoms with Gasteiger partial charge in [0.1, 0.15) is 17.3 Å². The van der Waals surface area contributed by atoms with Crippen LogP contribution in [0.3, 0.4) is 0 Å². The second kappa shape index (κ2) is 5.82. The van der Waals surface area contributed by atoms with Crippen molar-refractivity contribution in [3.05, 3.63) is 66.9 Å². The lowest BCUT2D eigenvalue weighted by Gasteiger charge is -2.09. The second-order valence-electron chi connectivity index (χ2n) is 5.51. The van der Waals surface area contributed by atoms with Crippen molar-refractivity contribution in [3.63, 3.8) is 0 Å². The van der Waals surface area contributed by atoms with E-state index in [9.17, 15) is 9.18 Å². The highest BCUT2D eigenvalue weighted by atomic mass is 19.1. The minimum Gasteiger partial charge on any atom is -0.334 e. The Morgan fingerprint density at radius 3 is 2.84 bits per heavy atom. The van der Waals surface area contributed by atoms with E-state index in [0.29, 0.717) is 11.2 Å². The number of imidazole rings is 2. The summed E-state index contributed by atoms with van der Waals surface area (Å²) in [6.45, 7) is 0. The monoisotopic (exact) mass is 336 g/mol. The molecule has 0 bridgehead atoms. The number of hydrogen-bond donors (Lipinski definition) is 1. The maximum Gasteiger partial charge on any atom is 0.260 e. The number of anilines is 1. The van der Waals surface area contributed by atoms with Crippen LogP contribution < -0.4 is 5.32 Å². The zero-order valence-corrected chi connectivity index (χ0v) is 13.2. The summed E-state index contributed by atoms with van der Waals surface area (Å²) in [4.78, 5) is 24.9. The van der Waals surface area contributed by atoms with Crippen LogP contribution in [0.25, 0.3) is 16.9 Å². The maximum atomic E-state index is 13.0. The summed E-state index contributed by atoms with van der Waals surface area (Å²) in [5.74, 6) is -0.576. The first-order chi connectivity index (χ1) is 12.1. The number of nitrogens with zero attached hydrogens (tertiary/aromatic N) is 5.